The predicted octanol–water partition coefficient (Wildman–Crippen LogP) is 0.258. The van der Waals surface area contributed by atoms with Crippen LogP contribution in [0, 0.1) is 0 Å². The summed E-state index contributed by atoms with van der Waals surface area (Å²) in [6, 6.07) is 6.28. The van der Waals surface area contributed by atoms with Crippen LogP contribution in [0.25, 0.3) is 10.9 Å². The van der Waals surface area contributed by atoms with Gasteiger partial charge in [-0.3, -0.25) is 10.00 Å². The summed E-state index contributed by atoms with van der Waals surface area (Å²) in [7, 11) is -3.36. The van der Waals surface area contributed by atoms with Gasteiger partial charge in [0.05, 0.1) is 24.9 Å². The van der Waals surface area contributed by atoms with Gasteiger partial charge in [0.25, 0.3) is 10.2 Å². The predicted molar refractivity (Wildman–Crippen MR) is 94.3 cm³/mol. The van der Waals surface area contributed by atoms with Gasteiger partial charge in [-0.25, -0.2) is 0 Å². The number of nitrogens with zero attached hydrogens (tertiary/aromatic N) is 4. The summed E-state index contributed by atoms with van der Waals surface area (Å²) >= 11 is 0. The van der Waals surface area contributed by atoms with E-state index >= 15 is 0 Å². The molecule has 1 aromatic carbocycles. The first kappa shape index (κ1) is 16.9. The number of aromatic amines is 1. The van der Waals surface area contributed by atoms with Crippen LogP contribution in [0.4, 0.5) is 0 Å². The van der Waals surface area contributed by atoms with Crippen LogP contribution in [-0.4, -0.2) is 84.6 Å². The van der Waals surface area contributed by atoms with Crippen LogP contribution in [0.3, 0.4) is 0 Å². The van der Waals surface area contributed by atoms with Crippen molar-refractivity contribution in [1.82, 2.24) is 23.7 Å². The van der Waals surface area contributed by atoms with Crippen molar-refractivity contribution in [3.05, 3.63) is 30.0 Å². The third-order valence-corrected chi connectivity index (χ3v) is 6.90. The van der Waals surface area contributed by atoms with E-state index in [1.165, 1.54) is 5.56 Å². The number of H-pyrrole nitrogens is 1. The maximum absolute atomic E-state index is 12.7. The highest BCUT2D eigenvalue weighted by Gasteiger charge is 2.33. The van der Waals surface area contributed by atoms with E-state index in [1.54, 1.807) is 8.61 Å². The molecule has 4 rings (SSSR count). The summed E-state index contributed by atoms with van der Waals surface area (Å²) in [6.45, 7) is 5.23. The molecule has 2 aliphatic rings. The van der Waals surface area contributed by atoms with E-state index in [-0.39, 0.29) is 0 Å². The largest absolute Gasteiger partial charge is 0.379 e. The lowest BCUT2D eigenvalue weighted by molar-refractivity contribution is 0.0684. The van der Waals surface area contributed by atoms with E-state index in [9.17, 15) is 8.42 Å². The zero-order valence-corrected chi connectivity index (χ0v) is 14.9. The molecular formula is C16H23N5O3S. The van der Waals surface area contributed by atoms with Gasteiger partial charge in [-0.05, 0) is 11.6 Å². The Labute approximate surface area is 147 Å². The second-order valence-corrected chi connectivity index (χ2v) is 8.41. The Hall–Kier alpha value is -1.52. The van der Waals surface area contributed by atoms with Crippen molar-refractivity contribution >= 4 is 21.1 Å². The van der Waals surface area contributed by atoms with Gasteiger partial charge in [-0.2, -0.15) is 22.1 Å². The average molecular weight is 365 g/mol. The summed E-state index contributed by atoms with van der Waals surface area (Å²) in [4.78, 5) is 2.29. The maximum atomic E-state index is 12.7. The van der Waals surface area contributed by atoms with Gasteiger partial charge < -0.3 is 4.74 Å². The number of fused-ring (bicyclic) bond motifs is 1. The number of hydrogen-bond acceptors (Lipinski definition) is 5. The Morgan fingerprint density at radius 1 is 1.04 bits per heavy atom. The van der Waals surface area contributed by atoms with Crippen molar-refractivity contribution in [2.45, 2.75) is 6.54 Å². The Kier molecular flexibility index (Phi) is 4.74. The summed E-state index contributed by atoms with van der Waals surface area (Å²) in [5.74, 6) is 0. The highest BCUT2D eigenvalue weighted by molar-refractivity contribution is 7.86. The van der Waals surface area contributed by atoms with Crippen LogP contribution in [-0.2, 0) is 21.5 Å². The van der Waals surface area contributed by atoms with E-state index in [1.807, 2.05) is 6.20 Å². The Balaban J connectivity index is 1.36. The van der Waals surface area contributed by atoms with Gasteiger partial charge in [0.1, 0.15) is 0 Å². The molecular weight excluding hydrogens is 342 g/mol. The first-order valence-corrected chi connectivity index (χ1v) is 10.00. The molecule has 0 unspecified atom stereocenters. The van der Waals surface area contributed by atoms with Crippen molar-refractivity contribution in [3.63, 3.8) is 0 Å². The van der Waals surface area contributed by atoms with Crippen molar-refractivity contribution in [2.75, 3.05) is 52.5 Å². The molecule has 0 radical (unpaired) electrons. The molecule has 2 aromatic rings. The monoisotopic (exact) mass is 365 g/mol. The minimum absolute atomic E-state index is 0.451. The standard InChI is InChI=1S/C16H23N5O3S/c22-25(23,21-7-9-24-10-8-21)20-5-3-19(4-6-20)13-14-1-2-15-12-17-18-16(15)11-14/h1-2,11-12H,3-10,13H2,(H,17,18). The molecule has 0 bridgehead atoms. The molecule has 0 amide bonds. The van der Waals surface area contributed by atoms with Gasteiger partial charge in [0, 0.05) is 51.2 Å². The molecule has 0 aliphatic carbocycles. The lowest BCUT2D eigenvalue weighted by Gasteiger charge is -2.37. The Morgan fingerprint density at radius 3 is 2.52 bits per heavy atom. The molecule has 25 heavy (non-hydrogen) atoms. The number of benzene rings is 1. The van der Waals surface area contributed by atoms with Crippen LogP contribution in [0.5, 0.6) is 0 Å². The quantitative estimate of drug-likeness (QED) is 0.840. The van der Waals surface area contributed by atoms with Gasteiger partial charge in [-0.15, -0.1) is 0 Å². The number of piperazine rings is 1. The number of rotatable bonds is 4. The lowest BCUT2D eigenvalue weighted by Crippen LogP contribution is -2.54. The molecule has 1 N–H and O–H groups in total. The van der Waals surface area contributed by atoms with E-state index in [0.29, 0.717) is 39.4 Å². The van der Waals surface area contributed by atoms with E-state index < -0.39 is 10.2 Å². The van der Waals surface area contributed by atoms with E-state index in [0.717, 1.165) is 30.5 Å². The van der Waals surface area contributed by atoms with Crippen molar-refractivity contribution in [1.29, 1.82) is 0 Å². The molecule has 0 saturated carbocycles. The number of morpholine rings is 1. The highest BCUT2D eigenvalue weighted by Crippen LogP contribution is 2.17. The zero-order chi connectivity index (χ0) is 17.3. The topological polar surface area (TPSA) is 81.8 Å². The Bertz CT molecular complexity index is 823. The summed E-state index contributed by atoms with van der Waals surface area (Å²) < 4.78 is 33.8. The van der Waals surface area contributed by atoms with Gasteiger partial charge in [-0.1, -0.05) is 12.1 Å². The van der Waals surface area contributed by atoms with Gasteiger partial charge in [0.2, 0.25) is 0 Å². The first-order chi connectivity index (χ1) is 12.1. The SMILES string of the molecule is O=S(=O)(N1CCOCC1)N1CCN(Cc2ccc3cn[nH]c3c2)CC1. The van der Waals surface area contributed by atoms with Gasteiger partial charge >= 0.3 is 0 Å². The highest BCUT2D eigenvalue weighted by atomic mass is 32.2. The molecule has 8 nitrogen and oxygen atoms in total. The second kappa shape index (κ2) is 7.00. The smallest absolute Gasteiger partial charge is 0.282 e. The molecule has 1 aromatic heterocycles. The molecule has 0 atom stereocenters. The Morgan fingerprint density at radius 2 is 1.76 bits per heavy atom. The number of nitrogens with one attached hydrogen (secondary N) is 1. The van der Waals surface area contributed by atoms with Crippen LogP contribution in [0.1, 0.15) is 5.56 Å². The normalized spacial score (nSPS) is 21.8. The van der Waals surface area contributed by atoms with Crippen LogP contribution >= 0.6 is 0 Å². The van der Waals surface area contributed by atoms with Gasteiger partial charge in [0.15, 0.2) is 0 Å². The molecule has 2 saturated heterocycles. The van der Waals surface area contributed by atoms with Crippen molar-refractivity contribution in [2.24, 2.45) is 0 Å². The molecule has 2 fully saturated rings. The van der Waals surface area contributed by atoms with Crippen LogP contribution < -0.4 is 0 Å². The lowest BCUT2D eigenvalue weighted by atomic mass is 10.1. The van der Waals surface area contributed by atoms with Crippen LogP contribution in [0.15, 0.2) is 24.4 Å². The number of ether oxygens (including phenoxy) is 1. The first-order valence-electron chi connectivity index (χ1n) is 8.60. The summed E-state index contributed by atoms with van der Waals surface area (Å²) in [5, 5.41) is 8.14. The molecule has 136 valence electrons. The fourth-order valence-electron chi connectivity index (χ4n) is 3.40. The average Bonchev–Trinajstić information content (AvgIpc) is 3.11. The van der Waals surface area contributed by atoms with Crippen molar-refractivity contribution < 1.29 is 13.2 Å². The third kappa shape index (κ3) is 3.56. The van der Waals surface area contributed by atoms with E-state index in [4.69, 9.17) is 4.74 Å². The fourth-order valence-corrected chi connectivity index (χ4v) is 4.96. The molecule has 2 aliphatic heterocycles. The van der Waals surface area contributed by atoms with Crippen molar-refractivity contribution in [3.8, 4) is 0 Å². The summed E-state index contributed by atoms with van der Waals surface area (Å²) in [6.07, 6.45) is 1.81. The summed E-state index contributed by atoms with van der Waals surface area (Å²) in [5.41, 5.74) is 2.24. The third-order valence-electron chi connectivity index (χ3n) is 4.87. The fraction of sp³-hybridized carbons (Fsp3) is 0.562. The number of hydrogen-bond donors (Lipinski definition) is 1. The minimum atomic E-state index is -3.36. The number of aromatic nitrogens is 2. The molecule has 0 spiro atoms. The van der Waals surface area contributed by atoms with Crippen LogP contribution in [0.2, 0.25) is 0 Å². The zero-order valence-electron chi connectivity index (χ0n) is 14.1. The maximum Gasteiger partial charge on any atom is 0.282 e. The minimum Gasteiger partial charge on any atom is -0.379 e. The molecule has 9 heteroatoms. The molecule has 3 heterocycles. The second-order valence-electron chi connectivity index (χ2n) is 6.49. The van der Waals surface area contributed by atoms with E-state index in [2.05, 4.69) is 33.3 Å².